The minimum atomic E-state index is -1.51. The molecular weight excluding hydrogens is 294 g/mol. The van der Waals surface area contributed by atoms with Gasteiger partial charge in [-0.2, -0.15) is 5.26 Å². The van der Waals surface area contributed by atoms with E-state index in [1.54, 1.807) is 13.0 Å². The predicted molar refractivity (Wildman–Crippen MR) is 86.9 cm³/mol. The second kappa shape index (κ2) is 6.43. The summed E-state index contributed by atoms with van der Waals surface area (Å²) in [6.07, 6.45) is 0. The quantitative estimate of drug-likeness (QED) is 0.878. The zero-order chi connectivity index (χ0) is 16.3. The minimum absolute atomic E-state index is 0.442. The van der Waals surface area contributed by atoms with Gasteiger partial charge in [-0.05, 0) is 37.6 Å². The Balaban J connectivity index is 2.47. The lowest BCUT2D eigenvalue weighted by molar-refractivity contribution is 0.0934. The molecule has 0 bridgehead atoms. The third-order valence-electron chi connectivity index (χ3n) is 3.89. The molecule has 0 saturated carbocycles. The summed E-state index contributed by atoms with van der Waals surface area (Å²) >= 11 is 0. The number of benzene rings is 2. The molecule has 0 saturated heterocycles. The third kappa shape index (κ3) is 3.27. The highest BCUT2D eigenvalue weighted by molar-refractivity contribution is 7.85. The molecule has 1 unspecified atom stereocenters. The summed E-state index contributed by atoms with van der Waals surface area (Å²) in [5, 5.41) is 19.3. The van der Waals surface area contributed by atoms with Crippen LogP contribution in [0, 0.1) is 18.3 Å². The maximum Gasteiger partial charge on any atom is 0.154 e. The zero-order valence-corrected chi connectivity index (χ0v) is 13.7. The number of nitrogens with zero attached hydrogens (tertiary/aromatic N) is 1. The van der Waals surface area contributed by atoms with Crippen molar-refractivity contribution in [3.05, 3.63) is 59.7 Å². The summed E-state index contributed by atoms with van der Waals surface area (Å²) in [5.41, 5.74) is 0.330. The monoisotopic (exact) mass is 313 g/mol. The number of nitriles is 1. The lowest BCUT2D eigenvalue weighted by Gasteiger charge is -2.25. The maximum atomic E-state index is 12.8. The normalized spacial score (nSPS) is 16.3. The number of aryl methyl sites for hydroxylation is 1. The van der Waals surface area contributed by atoms with Crippen molar-refractivity contribution < 1.29 is 9.32 Å². The van der Waals surface area contributed by atoms with E-state index >= 15 is 0 Å². The molecule has 2 aromatic carbocycles. The van der Waals surface area contributed by atoms with Crippen LogP contribution in [0.5, 0.6) is 0 Å². The number of hydrogen-bond acceptors (Lipinski definition) is 3. The fourth-order valence-corrected chi connectivity index (χ4v) is 3.49. The smallest absolute Gasteiger partial charge is 0.154 e. The highest BCUT2D eigenvalue weighted by atomic mass is 32.2. The number of rotatable bonds is 4. The molecule has 0 fully saturated rings. The van der Waals surface area contributed by atoms with Crippen molar-refractivity contribution in [2.24, 2.45) is 0 Å². The SMILES string of the molecule is Cc1ccc(S(=O)c2ccccc2[C@@H](C)[C@@](C)(O)C#N)cc1. The van der Waals surface area contributed by atoms with Gasteiger partial charge in [0.25, 0.3) is 0 Å². The molecule has 2 rings (SSSR count). The lowest BCUT2D eigenvalue weighted by atomic mass is 9.86. The van der Waals surface area contributed by atoms with E-state index < -0.39 is 22.3 Å². The van der Waals surface area contributed by atoms with Gasteiger partial charge in [0.2, 0.25) is 0 Å². The average molecular weight is 313 g/mol. The molecule has 0 aliphatic heterocycles. The van der Waals surface area contributed by atoms with Gasteiger partial charge in [-0.15, -0.1) is 0 Å². The Bertz CT molecular complexity index is 729. The van der Waals surface area contributed by atoms with Gasteiger partial charge in [0.15, 0.2) is 5.60 Å². The molecule has 3 atom stereocenters. The molecule has 0 amide bonds. The van der Waals surface area contributed by atoms with Crippen LogP contribution in [0.15, 0.2) is 58.3 Å². The molecule has 0 spiro atoms. The highest BCUT2D eigenvalue weighted by Gasteiger charge is 2.31. The first kappa shape index (κ1) is 16.4. The van der Waals surface area contributed by atoms with Gasteiger partial charge in [0.1, 0.15) is 0 Å². The minimum Gasteiger partial charge on any atom is -0.375 e. The maximum absolute atomic E-state index is 12.8. The zero-order valence-electron chi connectivity index (χ0n) is 12.9. The first-order valence-corrected chi connectivity index (χ1v) is 8.23. The Kier molecular flexibility index (Phi) is 4.80. The molecule has 114 valence electrons. The number of aliphatic hydroxyl groups is 1. The van der Waals surface area contributed by atoms with Crippen molar-refractivity contribution in [2.45, 2.75) is 42.1 Å². The molecule has 4 heteroatoms. The fourth-order valence-electron chi connectivity index (χ4n) is 2.20. The summed E-state index contributed by atoms with van der Waals surface area (Å²) in [6.45, 7) is 5.23. The van der Waals surface area contributed by atoms with Crippen LogP contribution in [-0.2, 0) is 10.8 Å². The Labute approximate surface area is 133 Å². The van der Waals surface area contributed by atoms with Crippen LogP contribution in [0.2, 0.25) is 0 Å². The van der Waals surface area contributed by atoms with Gasteiger partial charge in [-0.1, -0.05) is 42.8 Å². The average Bonchev–Trinajstić information content (AvgIpc) is 2.54. The van der Waals surface area contributed by atoms with Crippen LogP contribution in [0.25, 0.3) is 0 Å². The largest absolute Gasteiger partial charge is 0.375 e. The second-order valence-corrected chi connectivity index (χ2v) is 7.05. The fraction of sp³-hybridized carbons (Fsp3) is 0.278. The summed E-state index contributed by atoms with van der Waals surface area (Å²) in [7, 11) is -1.34. The van der Waals surface area contributed by atoms with Crippen molar-refractivity contribution in [1.82, 2.24) is 0 Å². The van der Waals surface area contributed by atoms with E-state index in [9.17, 15) is 9.32 Å². The molecule has 0 aliphatic rings. The Hall–Kier alpha value is -1.96. The van der Waals surface area contributed by atoms with Gasteiger partial charge in [-0.3, -0.25) is 0 Å². The molecule has 22 heavy (non-hydrogen) atoms. The molecule has 0 aliphatic carbocycles. The summed E-state index contributed by atoms with van der Waals surface area (Å²) < 4.78 is 12.8. The summed E-state index contributed by atoms with van der Waals surface area (Å²) in [6, 6.07) is 16.7. The summed E-state index contributed by atoms with van der Waals surface area (Å²) in [4.78, 5) is 1.34. The van der Waals surface area contributed by atoms with Crippen molar-refractivity contribution in [1.29, 1.82) is 5.26 Å². The van der Waals surface area contributed by atoms with E-state index in [1.807, 2.05) is 55.5 Å². The van der Waals surface area contributed by atoms with Gasteiger partial charge in [0.05, 0.1) is 16.9 Å². The van der Waals surface area contributed by atoms with Crippen LogP contribution >= 0.6 is 0 Å². The van der Waals surface area contributed by atoms with Crippen molar-refractivity contribution in [3.8, 4) is 6.07 Å². The van der Waals surface area contributed by atoms with Crippen LogP contribution in [-0.4, -0.2) is 14.9 Å². The van der Waals surface area contributed by atoms with Crippen molar-refractivity contribution in [2.75, 3.05) is 0 Å². The molecule has 3 nitrogen and oxygen atoms in total. The van der Waals surface area contributed by atoms with E-state index in [0.717, 1.165) is 11.1 Å². The topological polar surface area (TPSA) is 61.1 Å². The standard InChI is InChI=1S/C18H19NO2S/c1-13-8-10-15(11-9-13)22(21)17-7-5-4-6-16(17)14(2)18(3,20)12-19/h4-11,14,20H,1-3H3/t14-,18+,22?/m1/s1. The van der Waals surface area contributed by atoms with Crippen molar-refractivity contribution in [3.63, 3.8) is 0 Å². The first-order chi connectivity index (χ1) is 10.4. The molecule has 0 radical (unpaired) electrons. The van der Waals surface area contributed by atoms with Gasteiger partial charge in [-0.25, -0.2) is 4.21 Å². The van der Waals surface area contributed by atoms with E-state index in [2.05, 4.69) is 0 Å². The molecule has 0 heterocycles. The van der Waals surface area contributed by atoms with E-state index in [1.165, 1.54) is 6.92 Å². The van der Waals surface area contributed by atoms with Gasteiger partial charge < -0.3 is 5.11 Å². The van der Waals surface area contributed by atoms with Crippen LogP contribution in [0.4, 0.5) is 0 Å². The predicted octanol–water partition coefficient (Wildman–Crippen LogP) is 3.54. The first-order valence-electron chi connectivity index (χ1n) is 7.08. The number of hydrogen-bond donors (Lipinski definition) is 1. The molecule has 0 aromatic heterocycles. The van der Waals surface area contributed by atoms with Crippen LogP contribution in [0.3, 0.4) is 0 Å². The summed E-state index contributed by atoms with van der Waals surface area (Å²) in [5.74, 6) is -0.442. The Morgan fingerprint density at radius 3 is 2.36 bits per heavy atom. The van der Waals surface area contributed by atoms with E-state index in [4.69, 9.17) is 5.26 Å². The van der Waals surface area contributed by atoms with E-state index in [-0.39, 0.29) is 0 Å². The Morgan fingerprint density at radius 2 is 1.77 bits per heavy atom. The van der Waals surface area contributed by atoms with Gasteiger partial charge >= 0.3 is 0 Å². The Morgan fingerprint density at radius 1 is 1.18 bits per heavy atom. The van der Waals surface area contributed by atoms with Crippen LogP contribution in [0.1, 0.15) is 30.9 Å². The molecule has 2 aromatic rings. The molecular formula is C18H19NO2S. The van der Waals surface area contributed by atoms with Crippen molar-refractivity contribution >= 4 is 10.8 Å². The van der Waals surface area contributed by atoms with Gasteiger partial charge in [0, 0.05) is 15.7 Å². The highest BCUT2D eigenvalue weighted by Crippen LogP contribution is 2.32. The molecule has 1 N–H and O–H groups in total. The third-order valence-corrected chi connectivity index (χ3v) is 5.36. The van der Waals surface area contributed by atoms with E-state index in [0.29, 0.717) is 9.79 Å². The second-order valence-electron chi connectivity index (χ2n) is 5.60. The van der Waals surface area contributed by atoms with Crippen LogP contribution < -0.4 is 0 Å². The lowest BCUT2D eigenvalue weighted by Crippen LogP contribution is -2.29.